The molecule has 0 aliphatic carbocycles. The Morgan fingerprint density at radius 3 is 2.65 bits per heavy atom. The molecule has 0 atom stereocenters. The zero-order chi connectivity index (χ0) is 11.8. The van der Waals surface area contributed by atoms with Gasteiger partial charge in [0.1, 0.15) is 16.2 Å². The molecule has 1 saturated heterocycles. The molecular weight excluding hydrogens is 232 g/mol. The maximum Gasteiger partial charge on any atom is 0.145 e. The molecule has 3 rings (SSSR count). The molecule has 0 radical (unpaired) electrons. The normalized spacial score (nSPS) is 17.9. The Balaban J connectivity index is 1.89. The number of hydrogen-bond donors (Lipinski definition) is 0. The van der Waals surface area contributed by atoms with Crippen LogP contribution in [0.3, 0.4) is 0 Å². The van der Waals surface area contributed by atoms with Crippen molar-refractivity contribution in [2.24, 2.45) is 0 Å². The van der Waals surface area contributed by atoms with Crippen LogP contribution in [-0.4, -0.2) is 48.1 Å². The molecule has 0 amide bonds. The molecule has 0 aromatic carbocycles. The topological polar surface area (TPSA) is 32.3 Å². The van der Waals surface area contributed by atoms with Crippen LogP contribution in [0.1, 0.15) is 5.01 Å². The minimum atomic E-state index is 1.02. The number of likely N-dealkylation sites (N-methyl/N-ethyl adjacent to an activating group) is 1. The first-order chi connectivity index (χ1) is 8.22. The van der Waals surface area contributed by atoms with Crippen molar-refractivity contribution in [3.05, 3.63) is 17.1 Å². The largest absolute Gasteiger partial charge is 0.354 e. The highest BCUT2D eigenvalue weighted by Crippen LogP contribution is 2.23. The highest BCUT2D eigenvalue weighted by atomic mass is 32.1. The molecule has 0 saturated carbocycles. The quantitative estimate of drug-likeness (QED) is 0.769. The fourth-order valence-corrected chi connectivity index (χ4v) is 2.91. The molecule has 4 nitrogen and oxygen atoms in total. The van der Waals surface area contributed by atoms with Gasteiger partial charge in [-0.15, -0.1) is 0 Å². The molecular formula is C12H16N4S. The first-order valence-corrected chi connectivity index (χ1v) is 6.72. The van der Waals surface area contributed by atoms with Gasteiger partial charge in [0.2, 0.25) is 0 Å². The number of thiazole rings is 1. The summed E-state index contributed by atoms with van der Waals surface area (Å²) in [7, 11) is 2.17. The molecule has 2 aromatic heterocycles. The molecule has 90 valence electrons. The zero-order valence-corrected chi connectivity index (χ0v) is 11.0. The lowest BCUT2D eigenvalue weighted by Crippen LogP contribution is -2.44. The molecule has 0 unspecified atom stereocenters. The van der Waals surface area contributed by atoms with Crippen molar-refractivity contribution < 1.29 is 0 Å². The van der Waals surface area contributed by atoms with E-state index in [1.807, 2.05) is 6.92 Å². The van der Waals surface area contributed by atoms with Crippen LogP contribution in [0.25, 0.3) is 10.3 Å². The number of pyridine rings is 1. The molecule has 0 bridgehead atoms. The van der Waals surface area contributed by atoms with Crippen LogP contribution in [0.2, 0.25) is 0 Å². The molecule has 1 aliphatic heterocycles. The highest BCUT2D eigenvalue weighted by Gasteiger charge is 2.15. The second kappa shape index (κ2) is 4.23. The lowest BCUT2D eigenvalue weighted by atomic mass is 10.3. The number of anilines is 1. The summed E-state index contributed by atoms with van der Waals surface area (Å²) in [6, 6.07) is 4.17. The molecule has 3 heterocycles. The fraction of sp³-hybridized carbons (Fsp3) is 0.500. The molecule has 1 fully saturated rings. The predicted molar refractivity (Wildman–Crippen MR) is 71.9 cm³/mol. The third-order valence-electron chi connectivity index (χ3n) is 3.18. The number of rotatable bonds is 1. The van der Waals surface area contributed by atoms with Crippen LogP contribution in [0.5, 0.6) is 0 Å². The average Bonchev–Trinajstić information content (AvgIpc) is 2.69. The second-order valence-electron chi connectivity index (χ2n) is 4.52. The summed E-state index contributed by atoms with van der Waals surface area (Å²) >= 11 is 1.67. The summed E-state index contributed by atoms with van der Waals surface area (Å²) in [4.78, 5) is 14.9. The van der Waals surface area contributed by atoms with E-state index < -0.39 is 0 Å². The summed E-state index contributed by atoms with van der Waals surface area (Å²) in [5.74, 6) is 1.09. The summed E-state index contributed by atoms with van der Waals surface area (Å²) < 4.78 is 0. The number of aromatic nitrogens is 2. The van der Waals surface area contributed by atoms with Crippen molar-refractivity contribution in [3.63, 3.8) is 0 Å². The van der Waals surface area contributed by atoms with E-state index in [-0.39, 0.29) is 0 Å². The van der Waals surface area contributed by atoms with Gasteiger partial charge in [-0.1, -0.05) is 11.3 Å². The van der Waals surface area contributed by atoms with Crippen molar-refractivity contribution in [2.45, 2.75) is 6.92 Å². The lowest BCUT2D eigenvalue weighted by molar-refractivity contribution is 0.312. The van der Waals surface area contributed by atoms with Gasteiger partial charge in [-0.25, -0.2) is 9.97 Å². The number of hydrogen-bond acceptors (Lipinski definition) is 5. The van der Waals surface area contributed by atoms with Gasteiger partial charge in [0.05, 0.1) is 5.01 Å². The van der Waals surface area contributed by atoms with E-state index in [1.165, 1.54) is 0 Å². The predicted octanol–water partition coefficient (Wildman–Crippen LogP) is 1.75. The Morgan fingerprint density at radius 1 is 1.12 bits per heavy atom. The minimum absolute atomic E-state index is 1.02. The standard InChI is InChI=1S/C12H16N4S/c1-9-13-10-3-4-11(14-12(10)17-9)16-7-5-15(2)6-8-16/h3-4H,5-8H2,1-2H3. The average molecular weight is 248 g/mol. The van der Waals surface area contributed by atoms with Gasteiger partial charge in [0.25, 0.3) is 0 Å². The van der Waals surface area contributed by atoms with E-state index in [0.29, 0.717) is 0 Å². The first-order valence-electron chi connectivity index (χ1n) is 5.90. The van der Waals surface area contributed by atoms with Crippen molar-refractivity contribution in [1.82, 2.24) is 14.9 Å². The van der Waals surface area contributed by atoms with Crippen LogP contribution < -0.4 is 4.90 Å². The maximum atomic E-state index is 4.71. The Hall–Kier alpha value is -1.20. The zero-order valence-electron chi connectivity index (χ0n) is 10.2. The summed E-state index contributed by atoms with van der Waals surface area (Å²) in [5.41, 5.74) is 1.02. The SMILES string of the molecule is Cc1nc2ccc(N3CCN(C)CC3)nc2s1. The number of aryl methyl sites for hydroxylation is 1. The first kappa shape index (κ1) is 10.9. The van der Waals surface area contributed by atoms with E-state index in [9.17, 15) is 0 Å². The Bertz CT molecular complexity index is 528. The van der Waals surface area contributed by atoms with Gasteiger partial charge in [-0.3, -0.25) is 0 Å². The van der Waals surface area contributed by atoms with Crippen LogP contribution in [-0.2, 0) is 0 Å². The minimum Gasteiger partial charge on any atom is -0.354 e. The van der Waals surface area contributed by atoms with E-state index >= 15 is 0 Å². The van der Waals surface area contributed by atoms with Crippen LogP contribution in [0.15, 0.2) is 12.1 Å². The number of fused-ring (bicyclic) bond motifs is 1. The van der Waals surface area contributed by atoms with Gasteiger partial charge >= 0.3 is 0 Å². The number of nitrogens with zero attached hydrogens (tertiary/aromatic N) is 4. The smallest absolute Gasteiger partial charge is 0.145 e. The monoisotopic (exact) mass is 248 g/mol. The molecule has 5 heteroatoms. The fourth-order valence-electron chi connectivity index (χ4n) is 2.13. The van der Waals surface area contributed by atoms with E-state index in [2.05, 4.69) is 34.0 Å². The highest BCUT2D eigenvalue weighted by molar-refractivity contribution is 7.18. The molecule has 17 heavy (non-hydrogen) atoms. The summed E-state index contributed by atoms with van der Waals surface area (Å²) in [5, 5.41) is 1.09. The third-order valence-corrected chi connectivity index (χ3v) is 4.06. The van der Waals surface area contributed by atoms with Crippen molar-refractivity contribution in [3.8, 4) is 0 Å². The Kier molecular flexibility index (Phi) is 2.72. The van der Waals surface area contributed by atoms with Gasteiger partial charge < -0.3 is 9.80 Å². The van der Waals surface area contributed by atoms with Gasteiger partial charge in [0, 0.05) is 26.2 Å². The van der Waals surface area contributed by atoms with Gasteiger partial charge in [-0.2, -0.15) is 0 Å². The van der Waals surface area contributed by atoms with Crippen LogP contribution in [0.4, 0.5) is 5.82 Å². The Morgan fingerprint density at radius 2 is 1.88 bits per heavy atom. The van der Waals surface area contributed by atoms with E-state index in [4.69, 9.17) is 4.98 Å². The van der Waals surface area contributed by atoms with E-state index in [0.717, 1.165) is 47.4 Å². The van der Waals surface area contributed by atoms with Crippen LogP contribution >= 0.6 is 11.3 Å². The Labute approximate surface area is 105 Å². The lowest BCUT2D eigenvalue weighted by Gasteiger charge is -2.33. The molecule has 0 spiro atoms. The van der Waals surface area contributed by atoms with E-state index in [1.54, 1.807) is 11.3 Å². The third kappa shape index (κ3) is 2.12. The summed E-state index contributed by atoms with van der Waals surface area (Å²) in [6.45, 7) is 6.38. The van der Waals surface area contributed by atoms with Crippen LogP contribution in [0, 0.1) is 6.92 Å². The van der Waals surface area contributed by atoms with Gasteiger partial charge in [-0.05, 0) is 26.1 Å². The summed E-state index contributed by atoms with van der Waals surface area (Å²) in [6.07, 6.45) is 0. The maximum absolute atomic E-state index is 4.71. The molecule has 0 N–H and O–H groups in total. The van der Waals surface area contributed by atoms with Crippen molar-refractivity contribution in [1.29, 1.82) is 0 Å². The molecule has 1 aliphatic rings. The van der Waals surface area contributed by atoms with Crippen molar-refractivity contribution >= 4 is 27.5 Å². The van der Waals surface area contributed by atoms with Gasteiger partial charge in [0.15, 0.2) is 0 Å². The molecule has 2 aromatic rings. The number of piperazine rings is 1. The van der Waals surface area contributed by atoms with Crippen molar-refractivity contribution in [2.75, 3.05) is 38.1 Å². The second-order valence-corrected chi connectivity index (χ2v) is 5.70.